The molecule has 0 bridgehead atoms. The number of methoxy groups -OCH3 is 1. The molecule has 1 aromatic heterocycles. The van der Waals surface area contributed by atoms with E-state index >= 15 is 0 Å². The van der Waals surface area contributed by atoms with Gasteiger partial charge in [-0.05, 0) is 30.3 Å². The number of pyridine rings is 1. The van der Waals surface area contributed by atoms with Gasteiger partial charge in [0.2, 0.25) is 5.91 Å². The summed E-state index contributed by atoms with van der Waals surface area (Å²) in [6.07, 6.45) is -3.16. The average Bonchev–Trinajstić information content (AvgIpc) is 2.70. The van der Waals surface area contributed by atoms with Gasteiger partial charge >= 0.3 is 6.18 Å². The molecule has 0 saturated heterocycles. The first-order valence-corrected chi connectivity index (χ1v) is 8.05. The number of amides is 1. The topological polar surface area (TPSA) is 54.5 Å². The van der Waals surface area contributed by atoms with Crippen LogP contribution in [0.4, 0.5) is 18.9 Å². The molecule has 9 heteroatoms. The summed E-state index contributed by atoms with van der Waals surface area (Å²) < 4.78 is 46.9. The van der Waals surface area contributed by atoms with Gasteiger partial charge in [0, 0.05) is 29.0 Å². The third-order valence-corrected chi connectivity index (χ3v) is 4.26. The Morgan fingerprint density at radius 2 is 2.15 bits per heavy atom. The highest BCUT2D eigenvalue weighted by atomic mass is 35.5. The zero-order chi connectivity index (χ0) is 18.9. The molecule has 2 aromatic rings. The van der Waals surface area contributed by atoms with Crippen molar-refractivity contribution in [3.63, 3.8) is 0 Å². The second kappa shape index (κ2) is 7.13. The SMILES string of the molecule is COc1cccnc1CN1CC(=O)Nc2ccc(Cl)cc2C1C(F)(F)F. The minimum absolute atomic E-state index is 0.0946. The predicted octanol–water partition coefficient (Wildman–Crippen LogP) is 3.80. The summed E-state index contributed by atoms with van der Waals surface area (Å²) in [5.74, 6) is -0.195. The molecule has 1 aliphatic rings. The van der Waals surface area contributed by atoms with Gasteiger partial charge in [-0.2, -0.15) is 13.2 Å². The summed E-state index contributed by atoms with van der Waals surface area (Å²) in [7, 11) is 1.41. The van der Waals surface area contributed by atoms with Crippen LogP contribution in [0, 0.1) is 0 Å². The predicted molar refractivity (Wildman–Crippen MR) is 90.1 cm³/mol. The van der Waals surface area contributed by atoms with Gasteiger partial charge in [-0.15, -0.1) is 0 Å². The van der Waals surface area contributed by atoms with E-state index in [0.29, 0.717) is 11.4 Å². The first-order valence-electron chi connectivity index (χ1n) is 7.67. The number of ether oxygens (including phenoxy) is 1. The zero-order valence-electron chi connectivity index (χ0n) is 13.7. The molecule has 138 valence electrons. The number of hydrogen-bond donors (Lipinski definition) is 1. The number of aromatic nitrogens is 1. The summed E-state index contributed by atoms with van der Waals surface area (Å²) in [5.41, 5.74) is 0.297. The van der Waals surface area contributed by atoms with E-state index in [4.69, 9.17) is 16.3 Å². The molecule has 1 atom stereocenters. The van der Waals surface area contributed by atoms with Gasteiger partial charge < -0.3 is 10.1 Å². The Morgan fingerprint density at radius 1 is 1.38 bits per heavy atom. The van der Waals surface area contributed by atoms with E-state index in [2.05, 4.69) is 10.3 Å². The van der Waals surface area contributed by atoms with Gasteiger partial charge in [0.25, 0.3) is 0 Å². The normalized spacial score (nSPS) is 18.0. The molecular weight excluding hydrogens is 371 g/mol. The van der Waals surface area contributed by atoms with E-state index in [0.717, 1.165) is 4.90 Å². The Morgan fingerprint density at radius 3 is 2.85 bits per heavy atom. The highest BCUT2D eigenvalue weighted by molar-refractivity contribution is 6.30. The second-order valence-corrected chi connectivity index (χ2v) is 6.22. The maximum atomic E-state index is 13.9. The van der Waals surface area contributed by atoms with Crippen LogP contribution in [0.25, 0.3) is 0 Å². The standard InChI is InChI=1S/C17H15ClF3N3O2/c1-26-14-3-2-6-22-13(14)8-24-9-15(25)23-12-5-4-10(18)7-11(12)16(24)17(19,20)21/h2-7,16H,8-9H2,1H3,(H,23,25). The summed E-state index contributed by atoms with van der Waals surface area (Å²) in [5, 5.41) is 2.66. The van der Waals surface area contributed by atoms with Crippen LogP contribution < -0.4 is 10.1 Å². The Hall–Kier alpha value is -2.32. The zero-order valence-corrected chi connectivity index (χ0v) is 14.4. The molecule has 2 heterocycles. The van der Waals surface area contributed by atoms with E-state index in [1.807, 2.05) is 0 Å². The van der Waals surface area contributed by atoms with Gasteiger partial charge in [-0.25, -0.2) is 0 Å². The molecule has 1 aliphatic heterocycles. The molecule has 1 aromatic carbocycles. The van der Waals surface area contributed by atoms with Gasteiger partial charge in [-0.1, -0.05) is 11.6 Å². The first-order chi connectivity index (χ1) is 12.3. The van der Waals surface area contributed by atoms with Crippen molar-refractivity contribution in [1.29, 1.82) is 0 Å². The van der Waals surface area contributed by atoms with Crippen molar-refractivity contribution in [3.8, 4) is 5.75 Å². The van der Waals surface area contributed by atoms with Gasteiger partial charge in [-0.3, -0.25) is 14.7 Å². The largest absolute Gasteiger partial charge is 0.495 e. The molecule has 3 rings (SSSR count). The van der Waals surface area contributed by atoms with Gasteiger partial charge in [0.1, 0.15) is 11.8 Å². The lowest BCUT2D eigenvalue weighted by Crippen LogP contribution is -2.40. The number of rotatable bonds is 3. The number of halogens is 4. The quantitative estimate of drug-likeness (QED) is 0.873. The molecule has 0 saturated carbocycles. The van der Waals surface area contributed by atoms with E-state index in [9.17, 15) is 18.0 Å². The number of carbonyl (C=O) groups is 1. The third-order valence-electron chi connectivity index (χ3n) is 4.03. The lowest BCUT2D eigenvalue weighted by atomic mass is 10.0. The molecular formula is C17H15ClF3N3O2. The molecule has 26 heavy (non-hydrogen) atoms. The average molecular weight is 386 g/mol. The minimum Gasteiger partial charge on any atom is -0.495 e. The fourth-order valence-electron chi connectivity index (χ4n) is 2.99. The van der Waals surface area contributed by atoms with E-state index in [-0.39, 0.29) is 22.8 Å². The fourth-order valence-corrected chi connectivity index (χ4v) is 3.17. The lowest BCUT2D eigenvalue weighted by molar-refractivity contribution is -0.187. The molecule has 5 nitrogen and oxygen atoms in total. The lowest BCUT2D eigenvalue weighted by Gasteiger charge is -2.31. The second-order valence-electron chi connectivity index (χ2n) is 5.78. The van der Waals surface area contributed by atoms with E-state index in [1.165, 1.54) is 31.5 Å². The summed E-state index contributed by atoms with van der Waals surface area (Å²) in [6, 6.07) is 5.25. The number of carbonyl (C=O) groups excluding carboxylic acids is 1. The van der Waals surface area contributed by atoms with E-state index < -0.39 is 24.7 Å². The number of fused-ring (bicyclic) bond motifs is 1. The number of nitrogens with one attached hydrogen (secondary N) is 1. The molecule has 0 aliphatic carbocycles. The Kier molecular flexibility index (Phi) is 5.06. The fraction of sp³-hybridized carbons (Fsp3) is 0.294. The smallest absolute Gasteiger partial charge is 0.408 e. The maximum absolute atomic E-state index is 13.9. The minimum atomic E-state index is -4.62. The van der Waals surface area contributed by atoms with Crippen molar-refractivity contribution in [3.05, 3.63) is 52.8 Å². The van der Waals surface area contributed by atoms with Crippen molar-refractivity contribution in [2.24, 2.45) is 0 Å². The monoisotopic (exact) mass is 385 g/mol. The number of anilines is 1. The highest BCUT2D eigenvalue weighted by Gasteiger charge is 2.47. The highest BCUT2D eigenvalue weighted by Crippen LogP contribution is 2.43. The van der Waals surface area contributed by atoms with Crippen LogP contribution in [0.1, 0.15) is 17.3 Å². The van der Waals surface area contributed by atoms with Crippen LogP contribution in [-0.4, -0.2) is 35.6 Å². The number of nitrogens with zero attached hydrogens (tertiary/aromatic N) is 2. The molecule has 0 radical (unpaired) electrons. The van der Waals surface area contributed by atoms with Crippen molar-refractivity contribution in [2.75, 3.05) is 19.0 Å². The van der Waals surface area contributed by atoms with Gasteiger partial charge in [0.15, 0.2) is 0 Å². The maximum Gasteiger partial charge on any atom is 0.408 e. The van der Waals surface area contributed by atoms with Gasteiger partial charge in [0.05, 0.1) is 19.3 Å². The Bertz CT molecular complexity index is 829. The van der Waals surface area contributed by atoms with Crippen LogP contribution in [0.5, 0.6) is 5.75 Å². The molecule has 1 N–H and O–H groups in total. The number of hydrogen-bond acceptors (Lipinski definition) is 4. The summed E-state index contributed by atoms with van der Waals surface area (Å²) >= 11 is 5.91. The van der Waals surface area contributed by atoms with Crippen LogP contribution in [0.15, 0.2) is 36.5 Å². The number of benzene rings is 1. The van der Waals surface area contributed by atoms with Crippen molar-refractivity contribution in [1.82, 2.24) is 9.88 Å². The summed E-state index contributed by atoms with van der Waals surface area (Å²) in [6.45, 7) is -0.663. The van der Waals surface area contributed by atoms with Crippen molar-refractivity contribution < 1.29 is 22.7 Å². The third kappa shape index (κ3) is 3.76. The first kappa shape index (κ1) is 18.5. The van der Waals surface area contributed by atoms with Crippen LogP contribution >= 0.6 is 11.6 Å². The Balaban J connectivity index is 2.08. The van der Waals surface area contributed by atoms with E-state index in [1.54, 1.807) is 12.1 Å². The van der Waals surface area contributed by atoms with Crippen LogP contribution in [-0.2, 0) is 11.3 Å². The van der Waals surface area contributed by atoms with Crippen molar-refractivity contribution in [2.45, 2.75) is 18.8 Å². The summed E-state index contributed by atoms with van der Waals surface area (Å²) in [4.78, 5) is 17.3. The molecule has 1 unspecified atom stereocenters. The van der Waals surface area contributed by atoms with Crippen LogP contribution in [0.3, 0.4) is 0 Å². The molecule has 0 spiro atoms. The molecule has 1 amide bonds. The Labute approximate surface area is 152 Å². The van der Waals surface area contributed by atoms with Crippen LogP contribution in [0.2, 0.25) is 5.02 Å². The number of alkyl halides is 3. The van der Waals surface area contributed by atoms with Crippen molar-refractivity contribution >= 4 is 23.2 Å². The molecule has 0 fully saturated rings.